The molecule has 0 aliphatic rings. The van der Waals surface area contributed by atoms with E-state index in [0.29, 0.717) is 5.82 Å². The Hall–Kier alpha value is -2.64. The molecule has 118 valence electrons. The monoisotopic (exact) mass is 351 g/mol. The van der Waals surface area contributed by atoms with Gasteiger partial charge < -0.3 is 0 Å². The SMILES string of the molecule is C(=NNc1ncnc2sc(Cc3ccccc3)cc12)c1nccs1. The van der Waals surface area contributed by atoms with Crippen LogP contribution in [0.1, 0.15) is 15.4 Å². The summed E-state index contributed by atoms with van der Waals surface area (Å²) in [4.78, 5) is 15.0. The summed E-state index contributed by atoms with van der Waals surface area (Å²) in [6, 6.07) is 12.5. The van der Waals surface area contributed by atoms with Crippen molar-refractivity contribution in [2.45, 2.75) is 6.42 Å². The number of anilines is 1. The molecule has 1 aromatic carbocycles. The Labute approximate surface area is 146 Å². The summed E-state index contributed by atoms with van der Waals surface area (Å²) in [7, 11) is 0. The number of fused-ring (bicyclic) bond motifs is 1. The zero-order valence-corrected chi connectivity index (χ0v) is 14.2. The van der Waals surface area contributed by atoms with E-state index in [1.165, 1.54) is 21.8 Å². The minimum absolute atomic E-state index is 0.711. The van der Waals surface area contributed by atoms with Crippen molar-refractivity contribution in [1.29, 1.82) is 0 Å². The first-order valence-corrected chi connectivity index (χ1v) is 9.04. The van der Waals surface area contributed by atoms with E-state index in [2.05, 4.69) is 55.8 Å². The number of nitrogens with one attached hydrogen (secondary N) is 1. The van der Waals surface area contributed by atoms with Crippen LogP contribution in [-0.2, 0) is 6.42 Å². The van der Waals surface area contributed by atoms with E-state index < -0.39 is 0 Å². The van der Waals surface area contributed by atoms with Crippen molar-refractivity contribution < 1.29 is 0 Å². The van der Waals surface area contributed by atoms with Crippen LogP contribution in [0.15, 0.2) is 59.4 Å². The minimum Gasteiger partial charge on any atom is -0.261 e. The van der Waals surface area contributed by atoms with Crippen LogP contribution in [0, 0.1) is 0 Å². The van der Waals surface area contributed by atoms with E-state index >= 15 is 0 Å². The maximum atomic E-state index is 4.37. The van der Waals surface area contributed by atoms with Crippen molar-refractivity contribution in [2.24, 2.45) is 5.10 Å². The molecule has 0 saturated carbocycles. The lowest BCUT2D eigenvalue weighted by Gasteiger charge is -1.99. The van der Waals surface area contributed by atoms with Crippen LogP contribution >= 0.6 is 22.7 Å². The van der Waals surface area contributed by atoms with Crippen molar-refractivity contribution in [3.8, 4) is 0 Å². The van der Waals surface area contributed by atoms with Crippen molar-refractivity contribution in [3.05, 3.63) is 69.8 Å². The first-order chi connectivity index (χ1) is 11.9. The maximum Gasteiger partial charge on any atom is 0.158 e. The van der Waals surface area contributed by atoms with Crippen LogP contribution in [0.5, 0.6) is 0 Å². The van der Waals surface area contributed by atoms with E-state index in [4.69, 9.17) is 0 Å². The molecule has 5 nitrogen and oxygen atoms in total. The van der Waals surface area contributed by atoms with E-state index in [1.807, 2.05) is 11.4 Å². The zero-order chi connectivity index (χ0) is 16.2. The zero-order valence-electron chi connectivity index (χ0n) is 12.6. The van der Waals surface area contributed by atoms with Gasteiger partial charge in [0.1, 0.15) is 16.2 Å². The number of thiazole rings is 1. The Bertz CT molecular complexity index is 961. The Balaban J connectivity index is 1.58. The number of hydrogen-bond acceptors (Lipinski definition) is 7. The fourth-order valence-corrected chi connectivity index (χ4v) is 3.85. The van der Waals surface area contributed by atoms with Gasteiger partial charge in [-0.15, -0.1) is 22.7 Å². The molecule has 3 aromatic heterocycles. The summed E-state index contributed by atoms with van der Waals surface area (Å²) in [5, 5.41) is 7.97. The average molecular weight is 351 g/mol. The van der Waals surface area contributed by atoms with Gasteiger partial charge >= 0.3 is 0 Å². The van der Waals surface area contributed by atoms with Crippen LogP contribution < -0.4 is 5.43 Å². The topological polar surface area (TPSA) is 63.1 Å². The summed E-state index contributed by atoms with van der Waals surface area (Å²) < 4.78 is 0. The molecule has 3 heterocycles. The fourth-order valence-electron chi connectivity index (χ4n) is 2.33. The van der Waals surface area contributed by atoms with E-state index in [-0.39, 0.29) is 0 Å². The van der Waals surface area contributed by atoms with E-state index in [0.717, 1.165) is 21.6 Å². The molecule has 0 amide bonds. The first kappa shape index (κ1) is 14.9. The normalized spacial score (nSPS) is 11.3. The molecule has 0 unspecified atom stereocenters. The quantitative estimate of drug-likeness (QED) is 0.433. The Morgan fingerprint density at radius 1 is 1.12 bits per heavy atom. The van der Waals surface area contributed by atoms with Crippen molar-refractivity contribution >= 4 is 44.9 Å². The van der Waals surface area contributed by atoms with Crippen molar-refractivity contribution in [3.63, 3.8) is 0 Å². The predicted octanol–water partition coefficient (Wildman–Crippen LogP) is 4.18. The Morgan fingerprint density at radius 3 is 2.88 bits per heavy atom. The molecule has 7 heteroatoms. The number of rotatable bonds is 5. The standard InChI is InChI=1S/C17H13N5S2/c1-2-4-12(5-3-1)8-13-9-14-16(19-11-20-17(14)24-13)22-21-10-15-18-6-7-23-15/h1-7,9-11H,8H2,(H,19,20,22). The number of hydrazone groups is 1. The first-order valence-electron chi connectivity index (χ1n) is 7.34. The number of benzene rings is 1. The Kier molecular flexibility index (Phi) is 4.26. The smallest absolute Gasteiger partial charge is 0.158 e. The van der Waals surface area contributed by atoms with Crippen LogP contribution in [0.4, 0.5) is 5.82 Å². The lowest BCUT2D eigenvalue weighted by Crippen LogP contribution is -1.94. The molecule has 0 bridgehead atoms. The lowest BCUT2D eigenvalue weighted by atomic mass is 10.1. The molecule has 1 N–H and O–H groups in total. The summed E-state index contributed by atoms with van der Waals surface area (Å²) in [5.41, 5.74) is 4.28. The third-order valence-electron chi connectivity index (χ3n) is 3.40. The number of hydrogen-bond donors (Lipinski definition) is 1. The van der Waals surface area contributed by atoms with Crippen molar-refractivity contribution in [1.82, 2.24) is 15.0 Å². The molecule has 0 aliphatic carbocycles. The number of thiophene rings is 1. The summed E-state index contributed by atoms with van der Waals surface area (Å²) in [6.07, 6.45) is 5.90. The molecule has 0 fully saturated rings. The second kappa shape index (κ2) is 6.86. The predicted molar refractivity (Wildman–Crippen MR) is 100.0 cm³/mol. The van der Waals surface area contributed by atoms with Gasteiger partial charge in [0.05, 0.1) is 11.6 Å². The van der Waals surface area contributed by atoms with Crippen LogP contribution in [0.3, 0.4) is 0 Å². The van der Waals surface area contributed by atoms with Gasteiger partial charge in [0.15, 0.2) is 5.82 Å². The third kappa shape index (κ3) is 3.32. The highest BCUT2D eigenvalue weighted by molar-refractivity contribution is 7.18. The second-order valence-electron chi connectivity index (χ2n) is 5.06. The molecule has 0 radical (unpaired) electrons. The van der Waals surface area contributed by atoms with Gasteiger partial charge in [-0.1, -0.05) is 30.3 Å². The molecule has 4 aromatic rings. The molecule has 24 heavy (non-hydrogen) atoms. The van der Waals surface area contributed by atoms with Gasteiger partial charge in [-0.3, -0.25) is 5.43 Å². The third-order valence-corrected chi connectivity index (χ3v) is 5.15. The molecule has 4 rings (SSSR count). The lowest BCUT2D eigenvalue weighted by molar-refractivity contribution is 1.19. The summed E-state index contributed by atoms with van der Waals surface area (Å²) in [5.74, 6) is 0.711. The van der Waals surface area contributed by atoms with Gasteiger partial charge in [-0.2, -0.15) is 5.10 Å². The fraction of sp³-hybridized carbons (Fsp3) is 0.0588. The van der Waals surface area contributed by atoms with Crippen LogP contribution in [0.2, 0.25) is 0 Å². The van der Waals surface area contributed by atoms with Gasteiger partial charge in [0.25, 0.3) is 0 Å². The largest absolute Gasteiger partial charge is 0.261 e. The minimum atomic E-state index is 0.711. The number of aromatic nitrogens is 3. The van der Waals surface area contributed by atoms with Crippen LogP contribution in [-0.4, -0.2) is 21.2 Å². The second-order valence-corrected chi connectivity index (χ2v) is 7.10. The molecule has 0 spiro atoms. The van der Waals surface area contributed by atoms with E-state index in [1.54, 1.807) is 30.1 Å². The average Bonchev–Trinajstić information content (AvgIpc) is 3.25. The van der Waals surface area contributed by atoms with Gasteiger partial charge in [0.2, 0.25) is 0 Å². The summed E-state index contributed by atoms with van der Waals surface area (Å²) >= 11 is 3.22. The Morgan fingerprint density at radius 2 is 2.04 bits per heavy atom. The van der Waals surface area contributed by atoms with Crippen molar-refractivity contribution in [2.75, 3.05) is 5.43 Å². The highest BCUT2D eigenvalue weighted by atomic mass is 32.1. The molecule has 0 saturated heterocycles. The molecular weight excluding hydrogens is 338 g/mol. The molecular formula is C17H13N5S2. The highest BCUT2D eigenvalue weighted by Crippen LogP contribution is 2.29. The molecule has 0 aliphatic heterocycles. The highest BCUT2D eigenvalue weighted by Gasteiger charge is 2.08. The van der Waals surface area contributed by atoms with Gasteiger partial charge in [-0.05, 0) is 11.6 Å². The number of nitrogens with zero attached hydrogens (tertiary/aromatic N) is 4. The summed E-state index contributed by atoms with van der Waals surface area (Å²) in [6.45, 7) is 0. The maximum absolute atomic E-state index is 4.37. The van der Waals surface area contributed by atoms with Crippen LogP contribution in [0.25, 0.3) is 10.2 Å². The molecule has 0 atom stereocenters. The van der Waals surface area contributed by atoms with E-state index in [9.17, 15) is 0 Å². The van der Waals surface area contributed by atoms with Gasteiger partial charge in [-0.25, -0.2) is 15.0 Å². The van der Waals surface area contributed by atoms with Gasteiger partial charge in [0, 0.05) is 22.9 Å².